The molecule has 3 N–H and O–H groups in total. The van der Waals surface area contributed by atoms with Crippen molar-refractivity contribution in [3.8, 4) is 0 Å². The Morgan fingerprint density at radius 3 is 2.81 bits per heavy atom. The second-order valence-electron chi connectivity index (χ2n) is 5.01. The average Bonchev–Trinajstić information content (AvgIpc) is 2.84. The summed E-state index contributed by atoms with van der Waals surface area (Å²) in [4.78, 5) is 21.8. The van der Waals surface area contributed by atoms with Gasteiger partial charge < -0.3 is 15.7 Å². The minimum absolute atomic E-state index is 0.0723. The van der Waals surface area contributed by atoms with Gasteiger partial charge >= 0.3 is 6.03 Å². The van der Waals surface area contributed by atoms with Crippen LogP contribution < -0.4 is 10.6 Å². The summed E-state index contributed by atoms with van der Waals surface area (Å²) < 4.78 is 0. The Morgan fingerprint density at radius 1 is 1.48 bits per heavy atom. The summed E-state index contributed by atoms with van der Waals surface area (Å²) >= 11 is 5.88. The molecule has 1 aliphatic rings. The zero-order valence-electron chi connectivity index (χ0n) is 11.2. The van der Waals surface area contributed by atoms with Crippen molar-refractivity contribution in [2.45, 2.75) is 25.4 Å². The molecule has 8 heteroatoms. The smallest absolute Gasteiger partial charge is 0.319 e. The SMILES string of the molecule is O=C(NCC1CCCC1O)Nc1ccc([N+](=O)[O-])cc1Cl. The van der Waals surface area contributed by atoms with Gasteiger partial charge in [0.15, 0.2) is 0 Å². The van der Waals surface area contributed by atoms with Gasteiger partial charge in [-0.2, -0.15) is 0 Å². The summed E-state index contributed by atoms with van der Waals surface area (Å²) in [6.07, 6.45) is 2.25. The molecule has 1 saturated carbocycles. The number of nitro benzene ring substituents is 1. The minimum Gasteiger partial charge on any atom is -0.393 e. The molecule has 0 bridgehead atoms. The molecular weight excluding hydrogens is 298 g/mol. The van der Waals surface area contributed by atoms with Gasteiger partial charge in [-0.1, -0.05) is 18.0 Å². The van der Waals surface area contributed by atoms with E-state index in [2.05, 4.69) is 10.6 Å². The Bertz CT molecular complexity index is 552. The predicted octanol–water partition coefficient (Wildman–Crippen LogP) is 2.53. The van der Waals surface area contributed by atoms with Gasteiger partial charge in [0.05, 0.1) is 21.7 Å². The van der Waals surface area contributed by atoms with Crippen LogP contribution >= 0.6 is 11.6 Å². The summed E-state index contributed by atoms with van der Waals surface area (Å²) in [6.45, 7) is 0.387. The molecule has 2 atom stereocenters. The number of urea groups is 1. The third kappa shape index (κ3) is 4.05. The van der Waals surface area contributed by atoms with Crippen LogP contribution in [0.25, 0.3) is 0 Å². The van der Waals surface area contributed by atoms with Crippen LogP contribution in [0.1, 0.15) is 19.3 Å². The molecule has 0 aliphatic heterocycles. The maximum absolute atomic E-state index is 11.8. The number of carbonyl (C=O) groups is 1. The van der Waals surface area contributed by atoms with Crippen LogP contribution in [0, 0.1) is 16.0 Å². The lowest BCUT2D eigenvalue weighted by Gasteiger charge is -2.15. The molecule has 1 aliphatic carbocycles. The molecule has 0 radical (unpaired) electrons. The van der Waals surface area contributed by atoms with Crippen LogP contribution in [-0.2, 0) is 0 Å². The van der Waals surface area contributed by atoms with Crippen LogP contribution in [0.3, 0.4) is 0 Å². The van der Waals surface area contributed by atoms with Crippen LogP contribution in [0.2, 0.25) is 5.02 Å². The number of nitrogens with one attached hydrogen (secondary N) is 2. The molecule has 1 aromatic rings. The van der Waals surface area contributed by atoms with Crippen molar-refractivity contribution < 1.29 is 14.8 Å². The fourth-order valence-electron chi connectivity index (χ4n) is 2.36. The molecule has 0 spiro atoms. The molecule has 21 heavy (non-hydrogen) atoms. The van der Waals surface area contributed by atoms with E-state index in [1.165, 1.54) is 18.2 Å². The second kappa shape index (κ2) is 6.73. The van der Waals surface area contributed by atoms with E-state index in [0.29, 0.717) is 12.2 Å². The number of aliphatic hydroxyl groups is 1. The van der Waals surface area contributed by atoms with Gasteiger partial charge in [-0.3, -0.25) is 10.1 Å². The van der Waals surface area contributed by atoms with Crippen molar-refractivity contribution in [2.24, 2.45) is 5.92 Å². The number of hydrogen-bond acceptors (Lipinski definition) is 4. The van der Waals surface area contributed by atoms with E-state index in [-0.39, 0.29) is 22.7 Å². The fraction of sp³-hybridized carbons (Fsp3) is 0.462. The third-order valence-corrected chi connectivity index (χ3v) is 3.87. The summed E-state index contributed by atoms with van der Waals surface area (Å²) in [6, 6.07) is 3.37. The number of hydrogen-bond donors (Lipinski definition) is 3. The molecule has 2 unspecified atom stereocenters. The van der Waals surface area contributed by atoms with Gasteiger partial charge in [-0.15, -0.1) is 0 Å². The minimum atomic E-state index is -0.558. The second-order valence-corrected chi connectivity index (χ2v) is 5.42. The molecule has 2 amide bonds. The van der Waals surface area contributed by atoms with Crippen molar-refractivity contribution >= 4 is 29.0 Å². The van der Waals surface area contributed by atoms with E-state index in [1.807, 2.05) is 0 Å². The molecule has 0 aromatic heterocycles. The quantitative estimate of drug-likeness (QED) is 0.586. The fourth-order valence-corrected chi connectivity index (χ4v) is 2.59. The number of benzene rings is 1. The van der Waals surface area contributed by atoms with E-state index >= 15 is 0 Å². The number of nitro groups is 1. The molecule has 114 valence electrons. The van der Waals surface area contributed by atoms with Crippen LogP contribution in [0.4, 0.5) is 16.2 Å². The van der Waals surface area contributed by atoms with Crippen LogP contribution in [0.5, 0.6) is 0 Å². The maximum atomic E-state index is 11.8. The molecule has 0 saturated heterocycles. The van der Waals surface area contributed by atoms with Crippen molar-refractivity contribution in [1.82, 2.24) is 5.32 Å². The van der Waals surface area contributed by atoms with Crippen molar-refractivity contribution in [3.63, 3.8) is 0 Å². The summed E-state index contributed by atoms with van der Waals surface area (Å²) in [5.41, 5.74) is 0.159. The lowest BCUT2D eigenvalue weighted by atomic mass is 10.1. The van der Waals surface area contributed by atoms with E-state index in [4.69, 9.17) is 11.6 Å². The summed E-state index contributed by atoms with van der Waals surface area (Å²) in [5, 5.41) is 25.5. The number of nitrogens with zero attached hydrogens (tertiary/aromatic N) is 1. The van der Waals surface area contributed by atoms with Gasteiger partial charge in [-0.05, 0) is 18.9 Å². The van der Waals surface area contributed by atoms with Gasteiger partial charge in [0.1, 0.15) is 0 Å². The highest BCUT2D eigenvalue weighted by molar-refractivity contribution is 6.33. The van der Waals surface area contributed by atoms with Crippen molar-refractivity contribution in [1.29, 1.82) is 0 Å². The summed E-state index contributed by atoms with van der Waals surface area (Å²) in [7, 11) is 0. The first-order valence-electron chi connectivity index (χ1n) is 6.64. The lowest BCUT2D eigenvalue weighted by Crippen LogP contribution is -2.35. The number of aliphatic hydroxyl groups excluding tert-OH is 1. The van der Waals surface area contributed by atoms with Gasteiger partial charge in [0.2, 0.25) is 0 Å². The Hall–Kier alpha value is -1.86. The van der Waals surface area contributed by atoms with E-state index in [0.717, 1.165) is 19.3 Å². The molecule has 7 nitrogen and oxygen atoms in total. The van der Waals surface area contributed by atoms with Crippen molar-refractivity contribution in [2.75, 3.05) is 11.9 Å². The van der Waals surface area contributed by atoms with Gasteiger partial charge in [0.25, 0.3) is 5.69 Å². The first kappa shape index (κ1) is 15.5. The Balaban J connectivity index is 1.89. The molecule has 0 heterocycles. The topological polar surface area (TPSA) is 104 Å². The number of carbonyl (C=O) groups excluding carboxylic acids is 1. The number of halogens is 1. The zero-order valence-corrected chi connectivity index (χ0v) is 12.0. The number of anilines is 1. The van der Waals surface area contributed by atoms with Gasteiger partial charge in [0, 0.05) is 24.6 Å². The van der Waals surface area contributed by atoms with Crippen molar-refractivity contribution in [3.05, 3.63) is 33.3 Å². The molecule has 1 aromatic carbocycles. The third-order valence-electron chi connectivity index (χ3n) is 3.56. The molecule has 2 rings (SSSR count). The summed E-state index contributed by atoms with van der Waals surface area (Å²) in [5.74, 6) is 0.0723. The maximum Gasteiger partial charge on any atom is 0.319 e. The van der Waals surface area contributed by atoms with Crippen LogP contribution in [-0.4, -0.2) is 28.7 Å². The Kier molecular flexibility index (Phi) is 4.98. The normalized spacial score (nSPS) is 21.0. The van der Waals surface area contributed by atoms with E-state index < -0.39 is 11.0 Å². The average molecular weight is 314 g/mol. The first-order valence-corrected chi connectivity index (χ1v) is 7.02. The highest BCUT2D eigenvalue weighted by Crippen LogP contribution is 2.27. The standard InChI is InChI=1S/C13H16ClN3O4/c14-10-6-9(17(20)21)4-5-11(10)16-13(19)15-7-8-2-1-3-12(8)18/h4-6,8,12,18H,1-3,7H2,(H2,15,16,19). The number of amides is 2. The molecular formula is C13H16ClN3O4. The highest BCUT2D eigenvalue weighted by Gasteiger charge is 2.25. The lowest BCUT2D eigenvalue weighted by molar-refractivity contribution is -0.384. The van der Waals surface area contributed by atoms with Gasteiger partial charge in [-0.25, -0.2) is 4.79 Å². The van der Waals surface area contributed by atoms with E-state index in [9.17, 15) is 20.0 Å². The predicted molar refractivity (Wildman–Crippen MR) is 78.5 cm³/mol. The Labute approximate surface area is 126 Å². The Morgan fingerprint density at radius 2 is 2.24 bits per heavy atom. The highest BCUT2D eigenvalue weighted by atomic mass is 35.5. The van der Waals surface area contributed by atoms with Crippen LogP contribution in [0.15, 0.2) is 18.2 Å². The molecule has 1 fully saturated rings. The monoisotopic (exact) mass is 313 g/mol. The number of non-ortho nitro benzene ring substituents is 1. The number of rotatable bonds is 4. The van der Waals surface area contributed by atoms with E-state index in [1.54, 1.807) is 0 Å². The largest absolute Gasteiger partial charge is 0.393 e. The zero-order chi connectivity index (χ0) is 15.4. The first-order chi connectivity index (χ1) is 9.97.